The summed E-state index contributed by atoms with van der Waals surface area (Å²) >= 11 is 12.0. The summed E-state index contributed by atoms with van der Waals surface area (Å²) in [6, 6.07) is 10.9. The number of ketones is 1. The molecule has 2 aromatic carbocycles. The van der Waals surface area contributed by atoms with Crippen LogP contribution in [0.25, 0.3) is 5.76 Å². The number of amides is 1. The first-order chi connectivity index (χ1) is 13.4. The lowest BCUT2D eigenvalue weighted by molar-refractivity contribution is -0.139. The van der Waals surface area contributed by atoms with Crippen LogP contribution in [0.5, 0.6) is 5.75 Å². The molecular weight excluding hydrogens is 401 g/mol. The molecule has 1 N–H and O–H groups in total. The van der Waals surface area contributed by atoms with E-state index >= 15 is 0 Å². The maximum Gasteiger partial charge on any atom is 0.295 e. The average Bonchev–Trinajstić information content (AvgIpc) is 2.94. The minimum atomic E-state index is -0.759. The minimum absolute atomic E-state index is 0.00124. The van der Waals surface area contributed by atoms with E-state index in [2.05, 4.69) is 0 Å². The fourth-order valence-electron chi connectivity index (χ4n) is 3.37. The van der Waals surface area contributed by atoms with Crippen molar-refractivity contribution in [2.75, 3.05) is 13.7 Å². The Morgan fingerprint density at radius 2 is 1.86 bits per heavy atom. The Bertz CT molecular complexity index is 971. The van der Waals surface area contributed by atoms with Crippen LogP contribution < -0.4 is 4.74 Å². The molecule has 28 heavy (non-hydrogen) atoms. The topological polar surface area (TPSA) is 66.8 Å². The molecule has 1 atom stereocenters. The van der Waals surface area contributed by atoms with E-state index < -0.39 is 17.7 Å². The number of nitrogens with zero attached hydrogens (tertiary/aromatic N) is 1. The van der Waals surface area contributed by atoms with Crippen LogP contribution in [0.15, 0.2) is 48.0 Å². The van der Waals surface area contributed by atoms with E-state index in [-0.39, 0.29) is 16.4 Å². The van der Waals surface area contributed by atoms with Gasteiger partial charge in [0.25, 0.3) is 11.7 Å². The fraction of sp³-hybridized carbons (Fsp3) is 0.238. The van der Waals surface area contributed by atoms with Gasteiger partial charge in [-0.15, -0.1) is 0 Å². The smallest absolute Gasteiger partial charge is 0.295 e. The van der Waals surface area contributed by atoms with Crippen molar-refractivity contribution in [2.24, 2.45) is 0 Å². The minimum Gasteiger partial charge on any atom is -0.507 e. The Morgan fingerprint density at radius 1 is 1.14 bits per heavy atom. The zero-order valence-corrected chi connectivity index (χ0v) is 16.9. The standard InChI is InChI=1S/C21H19Cl2NO4/c1-3-10-24-18(13-6-4-5-7-16(13)28-2)17(20(26)21(24)27)19(25)12-8-9-14(22)15(23)11-12/h4-9,11,18,25H,3,10H2,1-2H3/b19-17+. The lowest BCUT2D eigenvalue weighted by atomic mass is 9.94. The number of Topliss-reactive ketones (excluding diaryl/α,β-unsaturated/α-hetero) is 1. The largest absolute Gasteiger partial charge is 0.507 e. The third kappa shape index (κ3) is 3.48. The van der Waals surface area contributed by atoms with E-state index in [0.29, 0.717) is 34.9 Å². The molecule has 1 aliphatic rings. The summed E-state index contributed by atoms with van der Waals surface area (Å²) in [4.78, 5) is 27.0. The Kier molecular flexibility index (Phi) is 5.96. The van der Waals surface area contributed by atoms with Crippen molar-refractivity contribution in [1.82, 2.24) is 4.90 Å². The lowest BCUT2D eigenvalue weighted by Crippen LogP contribution is -2.30. The number of hydrogen-bond acceptors (Lipinski definition) is 4. The summed E-state index contributed by atoms with van der Waals surface area (Å²) in [5, 5.41) is 11.5. The average molecular weight is 420 g/mol. The lowest BCUT2D eigenvalue weighted by Gasteiger charge is -2.26. The van der Waals surface area contributed by atoms with Gasteiger partial charge in [0.2, 0.25) is 0 Å². The first kappa shape index (κ1) is 20.2. The summed E-state index contributed by atoms with van der Waals surface area (Å²) in [6.07, 6.45) is 0.658. The second-order valence-corrected chi connectivity index (χ2v) is 7.18. The quantitative estimate of drug-likeness (QED) is 0.427. The van der Waals surface area contributed by atoms with Crippen molar-refractivity contribution in [3.8, 4) is 5.75 Å². The van der Waals surface area contributed by atoms with Crippen molar-refractivity contribution in [3.05, 3.63) is 69.2 Å². The molecule has 0 bridgehead atoms. The molecule has 1 amide bonds. The Hall–Kier alpha value is -2.50. The number of para-hydroxylation sites is 1. The molecule has 0 aliphatic carbocycles. The molecule has 7 heteroatoms. The van der Waals surface area contributed by atoms with Gasteiger partial charge in [-0.1, -0.05) is 48.3 Å². The van der Waals surface area contributed by atoms with Crippen LogP contribution in [-0.2, 0) is 9.59 Å². The molecule has 0 aromatic heterocycles. The van der Waals surface area contributed by atoms with Crippen molar-refractivity contribution in [3.63, 3.8) is 0 Å². The van der Waals surface area contributed by atoms with Crippen LogP contribution >= 0.6 is 23.2 Å². The van der Waals surface area contributed by atoms with Crippen LogP contribution in [0.1, 0.15) is 30.5 Å². The highest BCUT2D eigenvalue weighted by Gasteiger charge is 2.46. The third-order valence-corrected chi connectivity index (χ3v) is 5.37. The summed E-state index contributed by atoms with van der Waals surface area (Å²) in [7, 11) is 1.52. The highest BCUT2D eigenvalue weighted by molar-refractivity contribution is 6.47. The van der Waals surface area contributed by atoms with Gasteiger partial charge in [-0.3, -0.25) is 9.59 Å². The Labute approximate surface area is 173 Å². The SMILES string of the molecule is CCCN1C(=O)C(=O)/C(=C(/O)c2ccc(Cl)c(Cl)c2)C1c1ccccc1OC. The van der Waals surface area contributed by atoms with Gasteiger partial charge in [-0.25, -0.2) is 0 Å². The third-order valence-electron chi connectivity index (χ3n) is 4.63. The zero-order chi connectivity index (χ0) is 20.4. The van der Waals surface area contributed by atoms with Gasteiger partial charge in [0.05, 0.1) is 28.8 Å². The summed E-state index contributed by atoms with van der Waals surface area (Å²) < 4.78 is 5.43. The fourth-order valence-corrected chi connectivity index (χ4v) is 3.66. The van der Waals surface area contributed by atoms with E-state index in [9.17, 15) is 14.7 Å². The Balaban J connectivity index is 2.24. The van der Waals surface area contributed by atoms with E-state index in [1.165, 1.54) is 24.1 Å². The number of aliphatic hydroxyl groups excluding tert-OH is 1. The van der Waals surface area contributed by atoms with E-state index in [4.69, 9.17) is 27.9 Å². The number of aliphatic hydroxyl groups is 1. The number of methoxy groups -OCH3 is 1. The van der Waals surface area contributed by atoms with Gasteiger partial charge < -0.3 is 14.7 Å². The second-order valence-electron chi connectivity index (χ2n) is 6.36. The van der Waals surface area contributed by atoms with Gasteiger partial charge in [-0.05, 0) is 30.7 Å². The molecular formula is C21H19Cl2NO4. The second kappa shape index (κ2) is 8.25. The number of ether oxygens (including phenoxy) is 1. The number of carbonyl (C=O) groups excluding carboxylic acids is 2. The molecule has 0 radical (unpaired) electrons. The van der Waals surface area contributed by atoms with E-state index in [1.807, 2.05) is 6.92 Å². The first-order valence-corrected chi connectivity index (χ1v) is 9.53. The summed E-state index contributed by atoms with van der Waals surface area (Å²) in [6.45, 7) is 2.28. The summed E-state index contributed by atoms with van der Waals surface area (Å²) in [5.41, 5.74) is 0.935. The van der Waals surface area contributed by atoms with Crippen molar-refractivity contribution >= 4 is 40.7 Å². The maximum absolute atomic E-state index is 12.8. The zero-order valence-electron chi connectivity index (χ0n) is 15.4. The molecule has 1 saturated heterocycles. The number of hydrogen-bond donors (Lipinski definition) is 1. The molecule has 2 aromatic rings. The molecule has 3 rings (SSSR count). The predicted octanol–water partition coefficient (Wildman–Crippen LogP) is 4.83. The van der Waals surface area contributed by atoms with Crippen LogP contribution in [0.3, 0.4) is 0 Å². The molecule has 1 heterocycles. The van der Waals surface area contributed by atoms with E-state index in [1.54, 1.807) is 30.3 Å². The van der Waals surface area contributed by atoms with Crippen LogP contribution in [-0.4, -0.2) is 35.4 Å². The number of rotatable bonds is 5. The number of halogens is 2. The number of likely N-dealkylation sites (tertiary alicyclic amines) is 1. The van der Waals surface area contributed by atoms with Gasteiger partial charge in [-0.2, -0.15) is 0 Å². The van der Waals surface area contributed by atoms with Crippen molar-refractivity contribution in [1.29, 1.82) is 0 Å². The highest BCUT2D eigenvalue weighted by atomic mass is 35.5. The molecule has 5 nitrogen and oxygen atoms in total. The van der Waals surface area contributed by atoms with Crippen molar-refractivity contribution < 1.29 is 19.4 Å². The molecule has 146 valence electrons. The highest BCUT2D eigenvalue weighted by Crippen LogP contribution is 2.43. The molecule has 1 unspecified atom stereocenters. The molecule has 1 fully saturated rings. The molecule has 1 aliphatic heterocycles. The van der Waals surface area contributed by atoms with Gasteiger partial charge in [0.1, 0.15) is 11.5 Å². The van der Waals surface area contributed by atoms with Crippen LogP contribution in [0, 0.1) is 0 Å². The van der Waals surface area contributed by atoms with Gasteiger partial charge in [0, 0.05) is 17.7 Å². The monoisotopic (exact) mass is 419 g/mol. The van der Waals surface area contributed by atoms with Crippen LogP contribution in [0.2, 0.25) is 10.0 Å². The Morgan fingerprint density at radius 3 is 2.50 bits per heavy atom. The predicted molar refractivity (Wildman–Crippen MR) is 109 cm³/mol. The normalized spacial score (nSPS) is 18.6. The van der Waals surface area contributed by atoms with Crippen molar-refractivity contribution in [2.45, 2.75) is 19.4 Å². The number of benzene rings is 2. The first-order valence-electron chi connectivity index (χ1n) is 8.77. The molecule has 0 saturated carbocycles. The molecule has 0 spiro atoms. The summed E-state index contributed by atoms with van der Waals surface area (Å²) in [5.74, 6) is -1.17. The number of carbonyl (C=O) groups is 2. The van der Waals surface area contributed by atoms with Crippen LogP contribution in [0.4, 0.5) is 0 Å². The maximum atomic E-state index is 12.8. The van der Waals surface area contributed by atoms with Gasteiger partial charge in [0.15, 0.2) is 0 Å². The van der Waals surface area contributed by atoms with Gasteiger partial charge >= 0.3 is 0 Å². The van der Waals surface area contributed by atoms with E-state index in [0.717, 1.165) is 0 Å².